The predicted octanol–water partition coefficient (Wildman–Crippen LogP) is 2.97. The van der Waals surface area contributed by atoms with Crippen LogP contribution in [-0.4, -0.2) is 13.1 Å². The molecule has 3 rings (SSSR count). The number of fused-ring (bicyclic) bond motifs is 1. The quantitative estimate of drug-likeness (QED) is 0.833. The van der Waals surface area contributed by atoms with E-state index in [-0.39, 0.29) is 0 Å². The fraction of sp³-hybridized carbons (Fsp3) is 0.429. The van der Waals surface area contributed by atoms with Crippen LogP contribution in [-0.2, 0) is 6.42 Å². The molecule has 0 radical (unpaired) electrons. The van der Waals surface area contributed by atoms with Crippen molar-refractivity contribution in [2.75, 3.05) is 13.1 Å². The number of furan rings is 1. The molecule has 0 bridgehead atoms. The van der Waals surface area contributed by atoms with Crippen LogP contribution < -0.4 is 5.32 Å². The zero-order valence-corrected chi connectivity index (χ0v) is 9.41. The van der Waals surface area contributed by atoms with Gasteiger partial charge in [-0.1, -0.05) is 12.1 Å². The van der Waals surface area contributed by atoms with Gasteiger partial charge < -0.3 is 9.73 Å². The van der Waals surface area contributed by atoms with Crippen LogP contribution in [0.1, 0.15) is 18.4 Å². The Kier molecular flexibility index (Phi) is 2.66. The number of hydrogen-bond donors (Lipinski definition) is 1. The zero-order valence-electron chi connectivity index (χ0n) is 9.41. The van der Waals surface area contributed by atoms with Crippen LogP contribution in [0.2, 0.25) is 0 Å². The van der Waals surface area contributed by atoms with Crippen LogP contribution in [0.4, 0.5) is 0 Å². The summed E-state index contributed by atoms with van der Waals surface area (Å²) in [4.78, 5) is 0. The minimum Gasteiger partial charge on any atom is -0.464 e. The zero-order chi connectivity index (χ0) is 10.8. The Morgan fingerprint density at radius 2 is 2.31 bits per heavy atom. The van der Waals surface area contributed by atoms with E-state index in [1.807, 2.05) is 6.07 Å². The standard InChI is InChI=1S/C14H17NO/c1-2-12(10-15-6-1)8-11-3-4-13-5-7-16-14(13)9-11/h3-5,7,9,12,15H,1-2,6,8,10H2. The van der Waals surface area contributed by atoms with E-state index in [0.29, 0.717) is 0 Å². The molecule has 2 nitrogen and oxygen atoms in total. The molecule has 1 N–H and O–H groups in total. The maximum atomic E-state index is 5.43. The van der Waals surface area contributed by atoms with Crippen LogP contribution >= 0.6 is 0 Å². The van der Waals surface area contributed by atoms with Gasteiger partial charge in [0.1, 0.15) is 5.58 Å². The van der Waals surface area contributed by atoms with Crippen molar-refractivity contribution in [1.29, 1.82) is 0 Å². The van der Waals surface area contributed by atoms with Gasteiger partial charge >= 0.3 is 0 Å². The SMILES string of the molecule is c1cc2ccc(CC3CCCNC3)cc2o1. The maximum absolute atomic E-state index is 5.43. The highest BCUT2D eigenvalue weighted by molar-refractivity contribution is 5.77. The van der Waals surface area contributed by atoms with E-state index in [2.05, 4.69) is 23.5 Å². The van der Waals surface area contributed by atoms with Crippen molar-refractivity contribution in [1.82, 2.24) is 5.32 Å². The predicted molar refractivity (Wildman–Crippen MR) is 65.5 cm³/mol. The van der Waals surface area contributed by atoms with Crippen molar-refractivity contribution >= 4 is 11.0 Å². The van der Waals surface area contributed by atoms with Crippen LogP contribution in [0.25, 0.3) is 11.0 Å². The molecule has 2 aromatic rings. The summed E-state index contributed by atoms with van der Waals surface area (Å²) in [6.45, 7) is 2.35. The second kappa shape index (κ2) is 4.30. The third kappa shape index (κ3) is 1.98. The topological polar surface area (TPSA) is 25.2 Å². The van der Waals surface area contributed by atoms with Crippen molar-refractivity contribution in [3.8, 4) is 0 Å². The molecule has 2 heteroatoms. The smallest absolute Gasteiger partial charge is 0.134 e. The summed E-state index contributed by atoms with van der Waals surface area (Å²) in [5.41, 5.74) is 2.41. The Balaban J connectivity index is 1.77. The monoisotopic (exact) mass is 215 g/mol. The lowest BCUT2D eigenvalue weighted by Crippen LogP contribution is -2.30. The molecule has 1 aliphatic heterocycles. The Bertz CT molecular complexity index is 468. The van der Waals surface area contributed by atoms with Gasteiger partial charge in [-0.25, -0.2) is 0 Å². The largest absolute Gasteiger partial charge is 0.464 e. The van der Waals surface area contributed by atoms with Crippen LogP contribution in [0.15, 0.2) is 34.9 Å². The van der Waals surface area contributed by atoms with Gasteiger partial charge in [0.25, 0.3) is 0 Å². The summed E-state index contributed by atoms with van der Waals surface area (Å²) in [6, 6.07) is 8.59. The molecular formula is C14H17NO. The van der Waals surface area contributed by atoms with Gasteiger partial charge in [-0.15, -0.1) is 0 Å². The first kappa shape index (κ1) is 9.91. The first-order valence-corrected chi connectivity index (χ1v) is 6.09. The summed E-state index contributed by atoms with van der Waals surface area (Å²) < 4.78 is 5.43. The number of nitrogens with one attached hydrogen (secondary N) is 1. The second-order valence-corrected chi connectivity index (χ2v) is 4.71. The van der Waals surface area contributed by atoms with Gasteiger partial charge in [0.15, 0.2) is 0 Å². The van der Waals surface area contributed by atoms with Gasteiger partial charge in [-0.3, -0.25) is 0 Å². The van der Waals surface area contributed by atoms with E-state index >= 15 is 0 Å². The molecule has 16 heavy (non-hydrogen) atoms. The molecule has 1 saturated heterocycles. The average Bonchev–Trinajstić information content (AvgIpc) is 2.77. The molecule has 0 saturated carbocycles. The molecule has 1 aromatic carbocycles. The molecule has 84 valence electrons. The normalized spacial score (nSPS) is 21.4. The molecule has 0 spiro atoms. The first-order valence-electron chi connectivity index (χ1n) is 6.09. The fourth-order valence-corrected chi connectivity index (χ4v) is 2.56. The lowest BCUT2D eigenvalue weighted by Gasteiger charge is -2.22. The maximum Gasteiger partial charge on any atom is 0.134 e. The van der Waals surface area contributed by atoms with Crippen LogP contribution in [0.5, 0.6) is 0 Å². The van der Waals surface area contributed by atoms with Crippen molar-refractivity contribution < 1.29 is 4.42 Å². The minimum atomic E-state index is 0.793. The van der Waals surface area contributed by atoms with Crippen molar-refractivity contribution in [2.24, 2.45) is 5.92 Å². The van der Waals surface area contributed by atoms with Crippen LogP contribution in [0, 0.1) is 5.92 Å². The molecule has 1 atom stereocenters. The highest BCUT2D eigenvalue weighted by atomic mass is 16.3. The molecule has 1 aliphatic rings. The van der Waals surface area contributed by atoms with Crippen molar-refractivity contribution in [3.63, 3.8) is 0 Å². The average molecular weight is 215 g/mol. The van der Waals surface area contributed by atoms with E-state index < -0.39 is 0 Å². The van der Waals surface area contributed by atoms with Gasteiger partial charge in [0.2, 0.25) is 0 Å². The minimum absolute atomic E-state index is 0.793. The summed E-state index contributed by atoms with van der Waals surface area (Å²) in [6.07, 6.45) is 5.59. The molecule has 2 heterocycles. The highest BCUT2D eigenvalue weighted by Gasteiger charge is 2.13. The molecule has 1 fully saturated rings. The number of hydrogen-bond acceptors (Lipinski definition) is 2. The Labute approximate surface area is 95.6 Å². The molecule has 0 aliphatic carbocycles. The van der Waals surface area contributed by atoms with Crippen molar-refractivity contribution in [3.05, 3.63) is 36.1 Å². The van der Waals surface area contributed by atoms with Gasteiger partial charge in [-0.2, -0.15) is 0 Å². The number of benzene rings is 1. The third-order valence-corrected chi connectivity index (χ3v) is 3.44. The van der Waals surface area contributed by atoms with Crippen LogP contribution in [0.3, 0.4) is 0 Å². The lowest BCUT2D eigenvalue weighted by molar-refractivity contribution is 0.376. The Morgan fingerprint density at radius 1 is 1.31 bits per heavy atom. The van der Waals surface area contributed by atoms with E-state index in [0.717, 1.165) is 18.0 Å². The van der Waals surface area contributed by atoms with Gasteiger partial charge in [-0.05, 0) is 56.0 Å². The van der Waals surface area contributed by atoms with E-state index in [1.165, 1.54) is 36.8 Å². The fourth-order valence-electron chi connectivity index (χ4n) is 2.56. The number of rotatable bonds is 2. The summed E-state index contributed by atoms with van der Waals surface area (Å²) in [5.74, 6) is 0.793. The highest BCUT2D eigenvalue weighted by Crippen LogP contribution is 2.21. The van der Waals surface area contributed by atoms with E-state index in [4.69, 9.17) is 4.42 Å². The molecule has 1 unspecified atom stereocenters. The molecule has 1 aromatic heterocycles. The molecule has 0 amide bonds. The van der Waals surface area contributed by atoms with E-state index in [1.54, 1.807) is 6.26 Å². The summed E-state index contributed by atoms with van der Waals surface area (Å²) >= 11 is 0. The lowest BCUT2D eigenvalue weighted by atomic mass is 9.92. The summed E-state index contributed by atoms with van der Waals surface area (Å²) in [7, 11) is 0. The third-order valence-electron chi connectivity index (χ3n) is 3.44. The Hall–Kier alpha value is -1.28. The van der Waals surface area contributed by atoms with Crippen molar-refractivity contribution in [2.45, 2.75) is 19.3 Å². The van der Waals surface area contributed by atoms with Gasteiger partial charge in [0, 0.05) is 5.39 Å². The number of piperidine rings is 1. The molecular weight excluding hydrogens is 198 g/mol. The van der Waals surface area contributed by atoms with Gasteiger partial charge in [0.05, 0.1) is 6.26 Å². The Morgan fingerprint density at radius 3 is 3.19 bits per heavy atom. The summed E-state index contributed by atoms with van der Waals surface area (Å²) in [5, 5.41) is 4.66. The first-order chi connectivity index (χ1) is 7.92. The van der Waals surface area contributed by atoms with E-state index in [9.17, 15) is 0 Å². The second-order valence-electron chi connectivity index (χ2n) is 4.71.